The van der Waals surface area contributed by atoms with E-state index < -0.39 is 6.04 Å². The van der Waals surface area contributed by atoms with Crippen molar-refractivity contribution in [3.63, 3.8) is 0 Å². The van der Waals surface area contributed by atoms with E-state index in [0.717, 1.165) is 32.3 Å². The molecule has 3 N–H and O–H groups in total. The number of fused-ring (bicyclic) bond motifs is 1. The first-order chi connectivity index (χ1) is 8.09. The third-order valence-electron chi connectivity index (χ3n) is 4.13. The molecule has 3 unspecified atom stereocenters. The van der Waals surface area contributed by atoms with Gasteiger partial charge >= 0.3 is 0 Å². The van der Waals surface area contributed by atoms with Crippen molar-refractivity contribution >= 4 is 5.91 Å². The Balaban J connectivity index is 1.91. The molecule has 1 amide bonds. The Labute approximate surface area is 103 Å². The summed E-state index contributed by atoms with van der Waals surface area (Å²) in [5, 5.41) is 3.13. The number of nitrogens with two attached hydrogens (primary N) is 1. The molecule has 1 heterocycles. The van der Waals surface area contributed by atoms with Gasteiger partial charge in [0.25, 0.3) is 0 Å². The second kappa shape index (κ2) is 5.36. The molecular weight excluding hydrogens is 216 g/mol. The van der Waals surface area contributed by atoms with Gasteiger partial charge in [0.05, 0.1) is 12.1 Å². The summed E-state index contributed by atoms with van der Waals surface area (Å²) in [5.41, 5.74) is 5.87. The predicted octanol–water partition coefficient (Wildman–Crippen LogP) is 1.04. The zero-order chi connectivity index (χ0) is 12.4. The number of nitrogens with one attached hydrogen (secondary N) is 1. The zero-order valence-electron chi connectivity index (χ0n) is 10.8. The van der Waals surface area contributed by atoms with Crippen LogP contribution in [0.1, 0.15) is 39.5 Å². The molecule has 0 radical (unpaired) electrons. The van der Waals surface area contributed by atoms with E-state index in [1.165, 1.54) is 0 Å². The smallest absolute Gasteiger partial charge is 0.237 e. The number of hydrogen-bond acceptors (Lipinski definition) is 3. The van der Waals surface area contributed by atoms with E-state index in [1.807, 2.05) is 13.8 Å². The molecule has 1 aliphatic heterocycles. The second-order valence-electron chi connectivity index (χ2n) is 5.68. The molecule has 1 saturated carbocycles. The van der Waals surface area contributed by atoms with Crippen LogP contribution in [-0.4, -0.2) is 30.7 Å². The van der Waals surface area contributed by atoms with Crippen LogP contribution in [0.5, 0.6) is 0 Å². The third-order valence-corrected chi connectivity index (χ3v) is 4.13. The normalized spacial score (nSPS) is 34.5. The molecule has 0 aromatic rings. The van der Waals surface area contributed by atoms with Gasteiger partial charge in [0.1, 0.15) is 0 Å². The maximum atomic E-state index is 12.0. The molecule has 0 aromatic heterocycles. The van der Waals surface area contributed by atoms with Gasteiger partial charge in [-0.05, 0) is 31.6 Å². The summed E-state index contributed by atoms with van der Waals surface area (Å²) in [4.78, 5) is 12.0. The highest BCUT2D eigenvalue weighted by atomic mass is 16.5. The lowest BCUT2D eigenvalue weighted by Gasteiger charge is -2.34. The summed E-state index contributed by atoms with van der Waals surface area (Å²) in [5.74, 6) is 0.693. The third kappa shape index (κ3) is 2.80. The van der Waals surface area contributed by atoms with E-state index in [1.54, 1.807) is 0 Å². The van der Waals surface area contributed by atoms with Crippen molar-refractivity contribution in [2.45, 2.75) is 57.7 Å². The first-order valence-electron chi connectivity index (χ1n) is 6.77. The van der Waals surface area contributed by atoms with Gasteiger partial charge in [0, 0.05) is 18.6 Å². The SMILES string of the molecule is CC(C)[C@H](N)C(=O)NC1CCCC2OCCC12. The largest absolute Gasteiger partial charge is 0.378 e. The van der Waals surface area contributed by atoms with E-state index in [0.29, 0.717) is 12.0 Å². The van der Waals surface area contributed by atoms with Crippen LogP contribution in [-0.2, 0) is 9.53 Å². The van der Waals surface area contributed by atoms with E-state index in [2.05, 4.69) is 5.32 Å². The fraction of sp³-hybridized carbons (Fsp3) is 0.923. The Bertz CT molecular complexity index is 281. The van der Waals surface area contributed by atoms with Crippen LogP contribution in [0, 0.1) is 11.8 Å². The standard InChI is InChI=1S/C13H24N2O2/c1-8(2)12(14)13(16)15-10-4-3-5-11-9(10)6-7-17-11/h8-12H,3-7,14H2,1-2H3,(H,15,16)/t9?,10?,11?,12-/m0/s1. The Hall–Kier alpha value is -0.610. The highest BCUT2D eigenvalue weighted by Crippen LogP contribution is 2.34. The molecule has 4 nitrogen and oxygen atoms in total. The first-order valence-corrected chi connectivity index (χ1v) is 6.77. The molecule has 4 atom stereocenters. The summed E-state index contributed by atoms with van der Waals surface area (Å²) in [6.45, 7) is 4.80. The van der Waals surface area contributed by atoms with Crippen LogP contribution < -0.4 is 11.1 Å². The zero-order valence-corrected chi connectivity index (χ0v) is 10.8. The fourth-order valence-electron chi connectivity index (χ4n) is 2.94. The highest BCUT2D eigenvalue weighted by Gasteiger charge is 2.38. The summed E-state index contributed by atoms with van der Waals surface area (Å²) < 4.78 is 5.69. The number of hydrogen-bond donors (Lipinski definition) is 2. The van der Waals surface area contributed by atoms with Crippen molar-refractivity contribution in [1.29, 1.82) is 0 Å². The van der Waals surface area contributed by atoms with Gasteiger partial charge < -0.3 is 15.8 Å². The topological polar surface area (TPSA) is 64.4 Å². The second-order valence-corrected chi connectivity index (χ2v) is 5.68. The van der Waals surface area contributed by atoms with Crippen LogP contribution in [0.25, 0.3) is 0 Å². The first kappa shape index (κ1) is 12.8. The quantitative estimate of drug-likeness (QED) is 0.775. The lowest BCUT2D eigenvalue weighted by atomic mass is 9.81. The summed E-state index contributed by atoms with van der Waals surface area (Å²) in [6, 6.07) is -0.119. The Kier molecular flexibility index (Phi) is 4.05. The van der Waals surface area contributed by atoms with Crippen molar-refractivity contribution in [1.82, 2.24) is 5.32 Å². The highest BCUT2D eigenvalue weighted by molar-refractivity contribution is 5.82. The Morgan fingerprint density at radius 1 is 1.35 bits per heavy atom. The number of amides is 1. The molecule has 2 aliphatic rings. The van der Waals surface area contributed by atoms with Gasteiger partial charge in [-0.2, -0.15) is 0 Å². The van der Waals surface area contributed by atoms with Gasteiger partial charge in [0.2, 0.25) is 5.91 Å². The molecule has 4 heteroatoms. The number of ether oxygens (including phenoxy) is 1. The summed E-state index contributed by atoms with van der Waals surface area (Å²) in [6.07, 6.45) is 4.80. The predicted molar refractivity (Wildman–Crippen MR) is 66.4 cm³/mol. The van der Waals surface area contributed by atoms with Crippen LogP contribution >= 0.6 is 0 Å². The van der Waals surface area contributed by atoms with Gasteiger partial charge in [-0.25, -0.2) is 0 Å². The van der Waals surface area contributed by atoms with Crippen molar-refractivity contribution in [3.05, 3.63) is 0 Å². The Morgan fingerprint density at radius 2 is 2.12 bits per heavy atom. The van der Waals surface area contributed by atoms with E-state index in [9.17, 15) is 4.79 Å². The van der Waals surface area contributed by atoms with E-state index in [-0.39, 0.29) is 17.9 Å². The van der Waals surface area contributed by atoms with Crippen LogP contribution in [0.3, 0.4) is 0 Å². The van der Waals surface area contributed by atoms with Crippen molar-refractivity contribution in [3.8, 4) is 0 Å². The molecule has 2 rings (SSSR count). The molecule has 0 bridgehead atoms. The average Bonchev–Trinajstić information content (AvgIpc) is 2.76. The number of carbonyl (C=O) groups is 1. The van der Waals surface area contributed by atoms with E-state index in [4.69, 9.17) is 10.5 Å². The maximum Gasteiger partial charge on any atom is 0.237 e. The van der Waals surface area contributed by atoms with Gasteiger partial charge in [0.15, 0.2) is 0 Å². The van der Waals surface area contributed by atoms with E-state index >= 15 is 0 Å². The fourth-order valence-corrected chi connectivity index (χ4v) is 2.94. The van der Waals surface area contributed by atoms with Gasteiger partial charge in [-0.15, -0.1) is 0 Å². The van der Waals surface area contributed by atoms with Gasteiger partial charge in [-0.1, -0.05) is 13.8 Å². The molecule has 1 aliphatic carbocycles. The molecule has 0 spiro atoms. The number of carbonyl (C=O) groups excluding carboxylic acids is 1. The molecular formula is C13H24N2O2. The molecule has 0 aromatic carbocycles. The summed E-state index contributed by atoms with van der Waals surface area (Å²) >= 11 is 0. The van der Waals surface area contributed by atoms with Crippen LogP contribution in [0.4, 0.5) is 0 Å². The maximum absolute atomic E-state index is 12.0. The minimum atomic E-state index is -0.391. The minimum absolute atomic E-state index is 0.00227. The van der Waals surface area contributed by atoms with Crippen LogP contribution in [0.2, 0.25) is 0 Å². The van der Waals surface area contributed by atoms with Gasteiger partial charge in [-0.3, -0.25) is 4.79 Å². The van der Waals surface area contributed by atoms with Crippen molar-refractivity contribution in [2.24, 2.45) is 17.6 Å². The van der Waals surface area contributed by atoms with Crippen molar-refractivity contribution < 1.29 is 9.53 Å². The molecule has 98 valence electrons. The molecule has 2 fully saturated rings. The molecule has 1 saturated heterocycles. The monoisotopic (exact) mass is 240 g/mol. The lowest BCUT2D eigenvalue weighted by Crippen LogP contribution is -2.52. The van der Waals surface area contributed by atoms with Crippen LogP contribution in [0.15, 0.2) is 0 Å². The molecule has 17 heavy (non-hydrogen) atoms. The minimum Gasteiger partial charge on any atom is -0.378 e. The number of rotatable bonds is 3. The van der Waals surface area contributed by atoms with Crippen molar-refractivity contribution in [2.75, 3.05) is 6.61 Å². The lowest BCUT2D eigenvalue weighted by molar-refractivity contribution is -0.124. The average molecular weight is 240 g/mol. The summed E-state index contributed by atoms with van der Waals surface area (Å²) in [7, 11) is 0. The Morgan fingerprint density at radius 3 is 2.82 bits per heavy atom.